The Hall–Kier alpha value is -2.29. The highest BCUT2D eigenvalue weighted by molar-refractivity contribution is 8.02. The van der Waals surface area contributed by atoms with E-state index in [-0.39, 0.29) is 36.1 Å². The van der Waals surface area contributed by atoms with Crippen LogP contribution in [0.15, 0.2) is 42.5 Å². The minimum absolute atomic E-state index is 0.0362. The zero-order chi connectivity index (χ0) is 23.5. The molecule has 5 rings (SSSR count). The maximum atomic E-state index is 14.1. The van der Waals surface area contributed by atoms with Gasteiger partial charge in [-0.2, -0.15) is 0 Å². The van der Waals surface area contributed by atoms with Crippen molar-refractivity contribution in [3.8, 4) is 0 Å². The molecule has 0 bridgehead atoms. The lowest BCUT2D eigenvalue weighted by Gasteiger charge is -2.35. The fourth-order valence-corrected chi connectivity index (χ4v) is 8.11. The highest BCUT2D eigenvalue weighted by atomic mass is 35.5. The highest BCUT2D eigenvalue weighted by Crippen LogP contribution is 2.61. The van der Waals surface area contributed by atoms with Gasteiger partial charge in [0, 0.05) is 31.9 Å². The van der Waals surface area contributed by atoms with Crippen LogP contribution < -0.4 is 4.90 Å². The van der Waals surface area contributed by atoms with Gasteiger partial charge in [0.2, 0.25) is 11.8 Å². The summed E-state index contributed by atoms with van der Waals surface area (Å²) in [5.41, 5.74) is 1.48. The van der Waals surface area contributed by atoms with E-state index in [2.05, 4.69) is 0 Å². The van der Waals surface area contributed by atoms with Gasteiger partial charge in [0.1, 0.15) is 6.04 Å². The second-order valence-electron chi connectivity index (χ2n) is 9.00. The number of thioether (sulfide) groups is 1. The van der Waals surface area contributed by atoms with Crippen LogP contribution in [0.4, 0.5) is 5.69 Å². The fraction of sp³-hybridized carbons (Fsp3) is 0.458. The molecule has 1 aromatic carbocycles. The van der Waals surface area contributed by atoms with Crippen molar-refractivity contribution in [3.05, 3.63) is 53.1 Å². The van der Waals surface area contributed by atoms with Gasteiger partial charge in [0.15, 0.2) is 0 Å². The first kappa shape index (κ1) is 22.5. The summed E-state index contributed by atoms with van der Waals surface area (Å²) >= 11 is 8.04. The monoisotopic (exact) mass is 487 g/mol. The number of para-hydroxylation sites is 1. The van der Waals surface area contributed by atoms with Gasteiger partial charge in [-0.25, -0.2) is 0 Å². The summed E-state index contributed by atoms with van der Waals surface area (Å²) in [6.07, 6.45) is 7.84. The van der Waals surface area contributed by atoms with Gasteiger partial charge in [-0.3, -0.25) is 14.4 Å². The van der Waals surface area contributed by atoms with Crippen LogP contribution in [0.2, 0.25) is 5.02 Å². The molecule has 4 heterocycles. The van der Waals surface area contributed by atoms with Crippen molar-refractivity contribution in [2.45, 2.75) is 23.0 Å². The summed E-state index contributed by atoms with van der Waals surface area (Å²) in [6, 6.07) is 4.65. The van der Waals surface area contributed by atoms with Crippen LogP contribution in [0.3, 0.4) is 0 Å². The predicted octanol–water partition coefficient (Wildman–Crippen LogP) is 1.87. The normalized spacial score (nSPS) is 33.2. The van der Waals surface area contributed by atoms with Gasteiger partial charge in [-0.05, 0) is 18.6 Å². The third-order valence-electron chi connectivity index (χ3n) is 7.16. The Labute approximate surface area is 202 Å². The molecule has 1 unspecified atom stereocenters. The summed E-state index contributed by atoms with van der Waals surface area (Å²) in [4.78, 5) is 46.0. The average molecular weight is 488 g/mol. The number of likely N-dealkylation sites (tertiary alicyclic amines) is 1. The Kier molecular flexibility index (Phi) is 5.58. The number of β-amino-alcohol motifs (C(OH)–C–C–N with tert-alkyl or cyclic N) is 1. The molecule has 4 aliphatic heterocycles. The number of likely N-dealkylation sites (N-methyl/N-ethyl adjacent to an activating group) is 1. The molecule has 2 saturated heterocycles. The molecule has 0 radical (unpaired) electrons. The molecule has 174 valence electrons. The number of fused-ring (bicyclic) bond motifs is 2. The van der Waals surface area contributed by atoms with E-state index >= 15 is 0 Å². The molecule has 9 heteroatoms. The van der Waals surface area contributed by atoms with Crippen LogP contribution in [0.1, 0.15) is 5.56 Å². The molecule has 3 amide bonds. The van der Waals surface area contributed by atoms with Crippen molar-refractivity contribution >= 4 is 46.8 Å². The first-order valence-electron chi connectivity index (χ1n) is 11.1. The van der Waals surface area contributed by atoms with Crippen LogP contribution in [0, 0.1) is 18.8 Å². The number of rotatable bonds is 3. The zero-order valence-electron chi connectivity index (χ0n) is 18.5. The highest BCUT2D eigenvalue weighted by Gasteiger charge is 2.70. The van der Waals surface area contributed by atoms with E-state index in [0.29, 0.717) is 23.8 Å². The third-order valence-corrected chi connectivity index (χ3v) is 9.21. The second kappa shape index (κ2) is 8.18. The topological polar surface area (TPSA) is 81.2 Å². The molecule has 0 saturated carbocycles. The number of amides is 3. The number of aryl methyl sites for hydroxylation is 1. The summed E-state index contributed by atoms with van der Waals surface area (Å²) in [6.45, 7) is 2.48. The molecule has 1 spiro atoms. The van der Waals surface area contributed by atoms with Crippen LogP contribution in [0.5, 0.6) is 0 Å². The lowest BCUT2D eigenvalue weighted by molar-refractivity contribution is -0.142. The first-order chi connectivity index (χ1) is 15.8. The minimum Gasteiger partial charge on any atom is -0.395 e. The van der Waals surface area contributed by atoms with E-state index in [0.717, 1.165) is 5.56 Å². The Morgan fingerprint density at radius 3 is 2.67 bits per heavy atom. The Morgan fingerprint density at radius 2 is 1.94 bits per heavy atom. The average Bonchev–Trinajstić information content (AvgIpc) is 3.09. The smallest absolute Gasteiger partial charge is 0.251 e. The first-order valence-corrected chi connectivity index (χ1v) is 12.3. The van der Waals surface area contributed by atoms with Gasteiger partial charge in [0.05, 0.1) is 33.9 Å². The van der Waals surface area contributed by atoms with E-state index in [4.69, 9.17) is 11.6 Å². The van der Waals surface area contributed by atoms with Gasteiger partial charge in [-0.1, -0.05) is 48.0 Å². The summed E-state index contributed by atoms with van der Waals surface area (Å²) in [7, 11) is 1.74. The van der Waals surface area contributed by atoms with Gasteiger partial charge in [-0.15, -0.1) is 11.8 Å². The number of aliphatic hydroxyl groups excluding tert-OH is 1. The second-order valence-corrected chi connectivity index (χ2v) is 10.9. The minimum atomic E-state index is -0.888. The third kappa shape index (κ3) is 3.18. The molecule has 7 nitrogen and oxygen atoms in total. The Bertz CT molecular complexity index is 1070. The number of carbonyl (C=O) groups is 3. The van der Waals surface area contributed by atoms with E-state index in [1.54, 1.807) is 22.9 Å². The zero-order valence-corrected chi connectivity index (χ0v) is 20.1. The van der Waals surface area contributed by atoms with E-state index in [9.17, 15) is 19.5 Å². The number of anilines is 1. The fourth-order valence-electron chi connectivity index (χ4n) is 5.78. The molecule has 0 aliphatic carbocycles. The molecule has 1 N–H and O–H groups in total. The van der Waals surface area contributed by atoms with E-state index in [1.807, 2.05) is 43.4 Å². The lowest BCUT2D eigenvalue weighted by Crippen LogP contribution is -2.54. The van der Waals surface area contributed by atoms with Crippen molar-refractivity contribution in [2.75, 3.05) is 38.2 Å². The molecule has 1 aromatic rings. The number of carbonyl (C=O) groups excluding carboxylic acids is 3. The van der Waals surface area contributed by atoms with E-state index < -0.39 is 22.6 Å². The lowest BCUT2D eigenvalue weighted by atomic mass is 9.78. The van der Waals surface area contributed by atoms with Crippen molar-refractivity contribution in [3.63, 3.8) is 0 Å². The number of halogens is 1. The van der Waals surface area contributed by atoms with Crippen molar-refractivity contribution in [1.82, 2.24) is 9.80 Å². The van der Waals surface area contributed by atoms with Crippen LogP contribution in [-0.2, 0) is 14.4 Å². The SMILES string of the molecule is Cc1cccc(Cl)c1N1CC=C[C@]23S[C@@H]4C=CCN(C)C(=O)[C@@H]4[C@H]2C(=O)N(CCO)C3C1=O. The van der Waals surface area contributed by atoms with Crippen molar-refractivity contribution in [1.29, 1.82) is 0 Å². The molecule has 0 aromatic heterocycles. The Balaban J connectivity index is 1.65. The molecule has 2 fully saturated rings. The van der Waals surface area contributed by atoms with Crippen LogP contribution in [-0.4, -0.2) is 82.0 Å². The maximum Gasteiger partial charge on any atom is 0.251 e. The number of benzene rings is 1. The predicted molar refractivity (Wildman–Crippen MR) is 128 cm³/mol. The molecule has 33 heavy (non-hydrogen) atoms. The summed E-state index contributed by atoms with van der Waals surface area (Å²) < 4.78 is -0.888. The van der Waals surface area contributed by atoms with Crippen LogP contribution >= 0.6 is 23.4 Å². The standard InChI is InChI=1S/C24H26ClN3O4S/c1-14-6-3-7-15(25)19(14)27-11-5-9-24-18(22(31)28(12-13-29)20(24)23(27)32)17-16(33-24)8-4-10-26(2)21(17)30/h3-9,16-18,20,29H,10-13H2,1-2H3/t16-,17+,18+,20?,24+/m1/s1. The Morgan fingerprint density at radius 1 is 1.15 bits per heavy atom. The van der Waals surface area contributed by atoms with Gasteiger partial charge >= 0.3 is 0 Å². The van der Waals surface area contributed by atoms with Crippen molar-refractivity contribution < 1.29 is 19.5 Å². The molecule has 4 aliphatic rings. The number of hydrogen-bond acceptors (Lipinski definition) is 5. The summed E-state index contributed by atoms with van der Waals surface area (Å²) in [5, 5.41) is 10.0. The largest absolute Gasteiger partial charge is 0.395 e. The number of hydrogen-bond donors (Lipinski definition) is 1. The molecule has 5 atom stereocenters. The molecular formula is C24H26ClN3O4S. The van der Waals surface area contributed by atoms with Crippen LogP contribution in [0.25, 0.3) is 0 Å². The van der Waals surface area contributed by atoms with E-state index in [1.165, 1.54) is 16.7 Å². The number of aliphatic hydroxyl groups is 1. The van der Waals surface area contributed by atoms with Gasteiger partial charge < -0.3 is 19.8 Å². The molecular weight excluding hydrogens is 462 g/mol. The quantitative estimate of drug-likeness (QED) is 0.658. The maximum absolute atomic E-state index is 14.1. The number of nitrogens with zero attached hydrogens (tertiary/aromatic N) is 3. The van der Waals surface area contributed by atoms with Crippen molar-refractivity contribution in [2.24, 2.45) is 11.8 Å². The summed E-state index contributed by atoms with van der Waals surface area (Å²) in [5.74, 6) is -1.80. The van der Waals surface area contributed by atoms with Gasteiger partial charge in [0.25, 0.3) is 5.91 Å².